The summed E-state index contributed by atoms with van der Waals surface area (Å²) in [6.07, 6.45) is 2.17. The third kappa shape index (κ3) is 3.49. The number of fused-ring (bicyclic) bond motifs is 1. The van der Waals surface area contributed by atoms with Crippen LogP contribution in [-0.2, 0) is 4.79 Å². The highest BCUT2D eigenvalue weighted by atomic mass is 32.1. The van der Waals surface area contributed by atoms with Crippen molar-refractivity contribution in [3.05, 3.63) is 59.6 Å². The highest BCUT2D eigenvalue weighted by Crippen LogP contribution is 2.38. The second kappa shape index (κ2) is 7.79. The molecule has 0 radical (unpaired) electrons. The lowest BCUT2D eigenvalue weighted by molar-refractivity contribution is -0.123. The third-order valence-electron chi connectivity index (χ3n) is 5.39. The maximum Gasteiger partial charge on any atom is 0.244 e. The molecule has 1 fully saturated rings. The van der Waals surface area contributed by atoms with Crippen LogP contribution in [0, 0.1) is 0 Å². The molecule has 2 heterocycles. The van der Waals surface area contributed by atoms with E-state index in [0.717, 1.165) is 35.6 Å². The molecule has 27 heavy (non-hydrogen) atoms. The summed E-state index contributed by atoms with van der Waals surface area (Å²) < 4.78 is 1.22. The van der Waals surface area contributed by atoms with Gasteiger partial charge in [-0.2, -0.15) is 0 Å². The van der Waals surface area contributed by atoms with Crippen molar-refractivity contribution < 1.29 is 4.79 Å². The highest BCUT2D eigenvalue weighted by molar-refractivity contribution is 7.18. The van der Waals surface area contributed by atoms with E-state index in [1.807, 2.05) is 55.1 Å². The molecule has 1 saturated heterocycles. The van der Waals surface area contributed by atoms with Crippen LogP contribution < -0.4 is 4.90 Å². The number of carbonyl (C=O) groups is 1. The number of likely N-dealkylation sites (N-methyl/N-ethyl adjacent to an activating group) is 1. The molecule has 0 aliphatic carbocycles. The summed E-state index contributed by atoms with van der Waals surface area (Å²) in [5.41, 5.74) is 2.02. The van der Waals surface area contributed by atoms with Gasteiger partial charge in [0.05, 0.1) is 22.3 Å². The van der Waals surface area contributed by atoms with E-state index in [1.165, 1.54) is 4.70 Å². The Bertz CT molecular complexity index is 890. The normalized spacial score (nSPS) is 18.7. The van der Waals surface area contributed by atoms with Gasteiger partial charge in [0.1, 0.15) is 5.01 Å². The Morgan fingerprint density at radius 3 is 2.70 bits per heavy atom. The summed E-state index contributed by atoms with van der Waals surface area (Å²) in [6, 6.07) is 18.3. The van der Waals surface area contributed by atoms with Crippen LogP contribution in [0.1, 0.15) is 37.7 Å². The van der Waals surface area contributed by atoms with Crippen LogP contribution >= 0.6 is 11.3 Å². The highest BCUT2D eigenvalue weighted by Gasteiger charge is 2.36. The quantitative estimate of drug-likeness (QED) is 0.634. The molecule has 2 aromatic carbocycles. The Hall–Kier alpha value is -2.24. The maximum atomic E-state index is 13.3. The molecule has 2 atom stereocenters. The largest absolute Gasteiger partial charge is 0.311 e. The van der Waals surface area contributed by atoms with E-state index in [2.05, 4.69) is 23.1 Å². The lowest BCUT2D eigenvalue weighted by atomic mass is 10.1. The van der Waals surface area contributed by atoms with E-state index in [0.29, 0.717) is 6.54 Å². The molecule has 1 amide bonds. The number of amides is 1. The lowest BCUT2D eigenvalue weighted by Crippen LogP contribution is -2.47. The van der Waals surface area contributed by atoms with E-state index in [-0.39, 0.29) is 18.0 Å². The molecular formula is C22H25N3OS. The van der Waals surface area contributed by atoms with E-state index in [4.69, 9.17) is 4.98 Å². The minimum Gasteiger partial charge on any atom is -0.311 e. The van der Waals surface area contributed by atoms with Gasteiger partial charge in [0.15, 0.2) is 0 Å². The number of para-hydroxylation sites is 2. The Kier molecular flexibility index (Phi) is 5.23. The average Bonchev–Trinajstić information content (AvgIpc) is 3.35. The molecule has 3 aromatic rings. The number of aromatic nitrogens is 1. The van der Waals surface area contributed by atoms with E-state index in [1.54, 1.807) is 11.3 Å². The monoisotopic (exact) mass is 379 g/mol. The van der Waals surface area contributed by atoms with Gasteiger partial charge in [-0.25, -0.2) is 4.98 Å². The topological polar surface area (TPSA) is 36.4 Å². The number of benzene rings is 2. The van der Waals surface area contributed by atoms with Gasteiger partial charge in [-0.05, 0) is 57.5 Å². The summed E-state index contributed by atoms with van der Waals surface area (Å²) in [7, 11) is 0. The Balaban J connectivity index is 1.58. The molecule has 0 saturated carbocycles. The SMILES string of the molecule is CCN(C(=O)C(C)N1CCCC1c1nc2ccccc2s1)c1ccccc1. The van der Waals surface area contributed by atoms with Crippen molar-refractivity contribution in [1.82, 2.24) is 9.88 Å². The van der Waals surface area contributed by atoms with Crippen molar-refractivity contribution in [2.75, 3.05) is 18.0 Å². The molecule has 0 N–H and O–H groups in total. The first-order valence-electron chi connectivity index (χ1n) is 9.66. The van der Waals surface area contributed by atoms with Gasteiger partial charge >= 0.3 is 0 Å². The van der Waals surface area contributed by atoms with Crippen LogP contribution in [0.4, 0.5) is 5.69 Å². The van der Waals surface area contributed by atoms with Crippen LogP contribution in [0.2, 0.25) is 0 Å². The Morgan fingerprint density at radius 1 is 1.22 bits per heavy atom. The van der Waals surface area contributed by atoms with Crippen LogP contribution in [0.5, 0.6) is 0 Å². The summed E-state index contributed by atoms with van der Waals surface area (Å²) in [5.74, 6) is 0.164. The Morgan fingerprint density at radius 2 is 1.96 bits per heavy atom. The van der Waals surface area contributed by atoms with Crippen LogP contribution in [-0.4, -0.2) is 34.9 Å². The van der Waals surface area contributed by atoms with Crippen LogP contribution in [0.15, 0.2) is 54.6 Å². The second-order valence-corrected chi connectivity index (χ2v) is 8.07. The number of hydrogen-bond acceptors (Lipinski definition) is 4. The third-order valence-corrected chi connectivity index (χ3v) is 6.53. The van der Waals surface area contributed by atoms with Gasteiger partial charge in [-0.15, -0.1) is 11.3 Å². The van der Waals surface area contributed by atoms with Gasteiger partial charge < -0.3 is 4.90 Å². The van der Waals surface area contributed by atoms with Crippen molar-refractivity contribution in [2.24, 2.45) is 0 Å². The number of carbonyl (C=O) groups excluding carboxylic acids is 1. The number of hydrogen-bond donors (Lipinski definition) is 0. The standard InChI is InChI=1S/C22H25N3OS/c1-3-24(17-10-5-4-6-11-17)22(26)16(2)25-15-9-13-19(25)21-23-18-12-7-8-14-20(18)27-21/h4-8,10-12,14,16,19H,3,9,13,15H2,1-2H3. The zero-order valence-corrected chi connectivity index (χ0v) is 16.7. The van der Waals surface area contributed by atoms with Crippen molar-refractivity contribution >= 4 is 33.1 Å². The number of nitrogens with zero attached hydrogens (tertiary/aromatic N) is 3. The predicted molar refractivity (Wildman–Crippen MR) is 112 cm³/mol. The summed E-state index contributed by atoms with van der Waals surface area (Å²) >= 11 is 1.76. The van der Waals surface area contributed by atoms with Crippen LogP contribution in [0.3, 0.4) is 0 Å². The van der Waals surface area contributed by atoms with Gasteiger partial charge in [0, 0.05) is 12.2 Å². The molecule has 4 rings (SSSR count). The average molecular weight is 380 g/mol. The van der Waals surface area contributed by atoms with Crippen molar-refractivity contribution in [2.45, 2.75) is 38.8 Å². The van der Waals surface area contributed by atoms with Crippen molar-refractivity contribution in [3.63, 3.8) is 0 Å². The molecule has 140 valence electrons. The molecule has 5 heteroatoms. The molecule has 0 spiro atoms. The van der Waals surface area contributed by atoms with Gasteiger partial charge in [0.25, 0.3) is 0 Å². The van der Waals surface area contributed by atoms with Crippen LogP contribution in [0.25, 0.3) is 10.2 Å². The number of anilines is 1. The maximum absolute atomic E-state index is 13.3. The zero-order chi connectivity index (χ0) is 18.8. The van der Waals surface area contributed by atoms with E-state index in [9.17, 15) is 4.79 Å². The van der Waals surface area contributed by atoms with Gasteiger partial charge in [0.2, 0.25) is 5.91 Å². The fourth-order valence-corrected chi connectivity index (χ4v) is 5.11. The first-order valence-corrected chi connectivity index (χ1v) is 10.5. The summed E-state index contributed by atoms with van der Waals surface area (Å²) in [6.45, 7) is 5.69. The minimum absolute atomic E-state index is 0.162. The fourth-order valence-electron chi connectivity index (χ4n) is 3.99. The molecule has 1 aromatic heterocycles. The molecular weight excluding hydrogens is 354 g/mol. The molecule has 2 unspecified atom stereocenters. The summed E-state index contributed by atoms with van der Waals surface area (Å²) in [5, 5.41) is 1.14. The van der Waals surface area contributed by atoms with E-state index >= 15 is 0 Å². The molecule has 4 nitrogen and oxygen atoms in total. The second-order valence-electron chi connectivity index (χ2n) is 7.01. The van der Waals surface area contributed by atoms with Crippen molar-refractivity contribution in [3.8, 4) is 0 Å². The number of thiazole rings is 1. The summed E-state index contributed by atoms with van der Waals surface area (Å²) in [4.78, 5) is 22.4. The predicted octanol–water partition coefficient (Wildman–Crippen LogP) is 4.87. The number of rotatable bonds is 5. The minimum atomic E-state index is -0.162. The smallest absolute Gasteiger partial charge is 0.244 e. The molecule has 0 bridgehead atoms. The first-order chi connectivity index (χ1) is 13.2. The van der Waals surface area contributed by atoms with Crippen molar-refractivity contribution in [1.29, 1.82) is 0 Å². The molecule has 1 aliphatic heterocycles. The van der Waals surface area contributed by atoms with Gasteiger partial charge in [-0.1, -0.05) is 30.3 Å². The molecule has 1 aliphatic rings. The van der Waals surface area contributed by atoms with E-state index < -0.39 is 0 Å². The fraction of sp³-hybridized carbons (Fsp3) is 0.364. The zero-order valence-electron chi connectivity index (χ0n) is 15.8. The van der Waals surface area contributed by atoms with Gasteiger partial charge in [-0.3, -0.25) is 9.69 Å². The number of likely N-dealkylation sites (tertiary alicyclic amines) is 1. The first kappa shape index (κ1) is 18.1. The Labute approximate surface area is 164 Å². The lowest BCUT2D eigenvalue weighted by Gasteiger charge is -2.32.